The number of hydrogen-bond donors (Lipinski definition) is 0. The van der Waals surface area contributed by atoms with Crippen LogP contribution in [0.25, 0.3) is 5.69 Å². The normalized spacial score (nSPS) is 15.3. The van der Waals surface area contributed by atoms with Crippen LogP contribution in [0.2, 0.25) is 0 Å². The van der Waals surface area contributed by atoms with E-state index in [1.54, 1.807) is 16.8 Å². The molecule has 0 aliphatic carbocycles. The summed E-state index contributed by atoms with van der Waals surface area (Å²) >= 11 is 3.46. The van der Waals surface area contributed by atoms with Gasteiger partial charge in [0.15, 0.2) is 0 Å². The van der Waals surface area contributed by atoms with Gasteiger partial charge < -0.3 is 14.4 Å². The molecule has 1 saturated heterocycles. The maximum atomic E-state index is 13.0. The van der Waals surface area contributed by atoms with Crippen LogP contribution in [0.15, 0.2) is 41.0 Å². The molecular formula is C18H19BrN4O. The van der Waals surface area contributed by atoms with E-state index in [9.17, 15) is 10.1 Å². The molecule has 6 heteroatoms. The Bertz CT molecular complexity index is 785. The van der Waals surface area contributed by atoms with Crippen molar-refractivity contribution in [3.8, 4) is 11.8 Å². The van der Waals surface area contributed by atoms with Crippen LogP contribution in [0.3, 0.4) is 0 Å². The summed E-state index contributed by atoms with van der Waals surface area (Å²) in [5.41, 5.74) is 1.72. The van der Waals surface area contributed by atoms with Gasteiger partial charge in [-0.15, -0.1) is 0 Å². The van der Waals surface area contributed by atoms with Gasteiger partial charge in [-0.05, 0) is 30.8 Å². The van der Waals surface area contributed by atoms with Crippen molar-refractivity contribution in [1.82, 2.24) is 14.4 Å². The molecule has 24 heavy (non-hydrogen) atoms. The second-order valence-corrected chi connectivity index (χ2v) is 6.68. The number of carbonyl (C=O) groups is 1. The first kappa shape index (κ1) is 16.7. The van der Waals surface area contributed by atoms with Crippen molar-refractivity contribution in [2.24, 2.45) is 0 Å². The van der Waals surface area contributed by atoms with E-state index in [2.05, 4.69) is 33.8 Å². The predicted octanol–water partition coefficient (Wildman–Crippen LogP) is 2.89. The summed E-state index contributed by atoms with van der Waals surface area (Å²) in [5, 5.41) is 9.41. The van der Waals surface area contributed by atoms with Crippen molar-refractivity contribution in [3.05, 3.63) is 52.3 Å². The molecule has 1 fully saturated rings. The SMILES string of the molecule is CCN1CCN(C(=O)c2c(C#N)ccn2-c2cccc(Br)c2)CC1. The van der Waals surface area contributed by atoms with Crippen LogP contribution < -0.4 is 0 Å². The molecule has 1 amide bonds. The maximum absolute atomic E-state index is 13.0. The van der Waals surface area contributed by atoms with Crippen LogP contribution in [0.1, 0.15) is 23.0 Å². The molecule has 1 aliphatic rings. The largest absolute Gasteiger partial charge is 0.335 e. The highest BCUT2D eigenvalue weighted by atomic mass is 79.9. The lowest BCUT2D eigenvalue weighted by Gasteiger charge is -2.34. The maximum Gasteiger partial charge on any atom is 0.272 e. The number of rotatable bonds is 3. The highest BCUT2D eigenvalue weighted by Gasteiger charge is 2.26. The first-order chi connectivity index (χ1) is 11.6. The smallest absolute Gasteiger partial charge is 0.272 e. The van der Waals surface area contributed by atoms with E-state index in [0.717, 1.165) is 29.8 Å². The van der Waals surface area contributed by atoms with E-state index in [1.165, 1.54) is 0 Å². The Hall–Kier alpha value is -2.10. The molecule has 0 atom stereocenters. The highest BCUT2D eigenvalue weighted by molar-refractivity contribution is 9.10. The van der Waals surface area contributed by atoms with Gasteiger partial charge in [-0.3, -0.25) is 4.79 Å². The van der Waals surface area contributed by atoms with Gasteiger partial charge in [0, 0.05) is 42.5 Å². The lowest BCUT2D eigenvalue weighted by atomic mass is 10.2. The lowest BCUT2D eigenvalue weighted by Crippen LogP contribution is -2.48. The molecule has 124 valence electrons. The summed E-state index contributed by atoms with van der Waals surface area (Å²) in [7, 11) is 0. The van der Waals surface area contributed by atoms with E-state index < -0.39 is 0 Å². The van der Waals surface area contributed by atoms with Crippen molar-refractivity contribution in [2.45, 2.75) is 6.92 Å². The molecule has 0 saturated carbocycles. The lowest BCUT2D eigenvalue weighted by molar-refractivity contribution is 0.0635. The van der Waals surface area contributed by atoms with Gasteiger partial charge in [-0.1, -0.05) is 28.9 Å². The van der Waals surface area contributed by atoms with Gasteiger partial charge >= 0.3 is 0 Å². The number of piperazine rings is 1. The Balaban J connectivity index is 1.94. The summed E-state index contributed by atoms with van der Waals surface area (Å²) in [6.07, 6.45) is 1.79. The third-order valence-electron chi connectivity index (χ3n) is 4.40. The fraction of sp³-hybridized carbons (Fsp3) is 0.333. The molecule has 0 spiro atoms. The molecule has 0 unspecified atom stereocenters. The number of nitrogens with zero attached hydrogens (tertiary/aromatic N) is 4. The van der Waals surface area contributed by atoms with Crippen molar-refractivity contribution in [2.75, 3.05) is 32.7 Å². The quantitative estimate of drug-likeness (QED) is 0.814. The molecule has 1 aromatic heterocycles. The molecule has 2 heterocycles. The topological polar surface area (TPSA) is 52.3 Å². The van der Waals surface area contributed by atoms with Crippen molar-refractivity contribution >= 4 is 21.8 Å². The van der Waals surface area contributed by atoms with Crippen molar-refractivity contribution in [1.29, 1.82) is 5.26 Å². The Morgan fingerprint density at radius 1 is 1.25 bits per heavy atom. The minimum atomic E-state index is -0.0766. The number of hydrogen-bond acceptors (Lipinski definition) is 3. The summed E-state index contributed by atoms with van der Waals surface area (Å²) in [6.45, 7) is 6.27. The summed E-state index contributed by atoms with van der Waals surface area (Å²) < 4.78 is 2.74. The van der Waals surface area contributed by atoms with Gasteiger partial charge in [0.25, 0.3) is 5.91 Å². The highest BCUT2D eigenvalue weighted by Crippen LogP contribution is 2.22. The molecule has 5 nitrogen and oxygen atoms in total. The second-order valence-electron chi connectivity index (χ2n) is 5.77. The van der Waals surface area contributed by atoms with Gasteiger partial charge in [-0.25, -0.2) is 0 Å². The Morgan fingerprint density at radius 2 is 2.00 bits per heavy atom. The van der Waals surface area contributed by atoms with Crippen LogP contribution in [0.5, 0.6) is 0 Å². The summed E-state index contributed by atoms with van der Waals surface area (Å²) in [4.78, 5) is 17.2. The summed E-state index contributed by atoms with van der Waals surface area (Å²) in [5.74, 6) is -0.0766. The van der Waals surface area contributed by atoms with E-state index >= 15 is 0 Å². The fourth-order valence-electron chi connectivity index (χ4n) is 3.00. The van der Waals surface area contributed by atoms with Crippen LogP contribution >= 0.6 is 15.9 Å². The zero-order valence-corrected chi connectivity index (χ0v) is 15.2. The van der Waals surface area contributed by atoms with Crippen molar-refractivity contribution < 1.29 is 4.79 Å². The third kappa shape index (κ3) is 3.23. The molecular weight excluding hydrogens is 368 g/mol. The zero-order chi connectivity index (χ0) is 17.1. The number of aromatic nitrogens is 1. The summed E-state index contributed by atoms with van der Waals surface area (Å²) in [6, 6.07) is 11.6. The number of carbonyl (C=O) groups excluding carboxylic acids is 1. The van der Waals surface area contributed by atoms with Gasteiger partial charge in [-0.2, -0.15) is 5.26 Å². The van der Waals surface area contributed by atoms with Crippen LogP contribution in [-0.2, 0) is 0 Å². The van der Waals surface area contributed by atoms with Crippen molar-refractivity contribution in [3.63, 3.8) is 0 Å². The minimum absolute atomic E-state index is 0.0766. The Morgan fingerprint density at radius 3 is 2.62 bits per heavy atom. The average Bonchev–Trinajstić information content (AvgIpc) is 3.05. The third-order valence-corrected chi connectivity index (χ3v) is 4.90. The molecule has 2 aromatic rings. The van der Waals surface area contributed by atoms with E-state index in [-0.39, 0.29) is 5.91 Å². The number of amides is 1. The Labute approximate surface area is 150 Å². The first-order valence-electron chi connectivity index (χ1n) is 8.03. The van der Waals surface area contributed by atoms with Crippen LogP contribution in [0.4, 0.5) is 0 Å². The van der Waals surface area contributed by atoms with E-state index in [0.29, 0.717) is 24.3 Å². The van der Waals surface area contributed by atoms with Gasteiger partial charge in [0.1, 0.15) is 11.8 Å². The van der Waals surface area contributed by atoms with Crippen LogP contribution in [-0.4, -0.2) is 53.0 Å². The zero-order valence-electron chi connectivity index (χ0n) is 13.6. The fourth-order valence-corrected chi connectivity index (χ4v) is 3.39. The Kier molecular flexibility index (Phi) is 5.03. The molecule has 0 bridgehead atoms. The van der Waals surface area contributed by atoms with Gasteiger partial charge in [0.2, 0.25) is 0 Å². The predicted molar refractivity (Wildman–Crippen MR) is 96.2 cm³/mol. The minimum Gasteiger partial charge on any atom is -0.335 e. The number of halogens is 1. The van der Waals surface area contributed by atoms with E-state index in [4.69, 9.17) is 0 Å². The number of nitriles is 1. The second kappa shape index (κ2) is 7.20. The molecule has 1 aromatic carbocycles. The standard InChI is InChI=1S/C18H19BrN4O/c1-2-21-8-10-22(11-9-21)18(24)17-14(13-20)6-7-23(17)16-5-3-4-15(19)12-16/h3-7,12H,2,8-11H2,1H3. The first-order valence-corrected chi connectivity index (χ1v) is 8.82. The van der Waals surface area contributed by atoms with Crippen LogP contribution in [0, 0.1) is 11.3 Å². The average molecular weight is 387 g/mol. The molecule has 3 rings (SSSR count). The molecule has 1 aliphatic heterocycles. The molecule has 0 radical (unpaired) electrons. The number of benzene rings is 1. The monoisotopic (exact) mass is 386 g/mol. The van der Waals surface area contributed by atoms with E-state index in [1.807, 2.05) is 29.2 Å². The number of likely N-dealkylation sites (N-methyl/N-ethyl adjacent to an activating group) is 1. The van der Waals surface area contributed by atoms with Gasteiger partial charge in [0.05, 0.1) is 5.56 Å². The molecule has 0 N–H and O–H groups in total.